The van der Waals surface area contributed by atoms with Gasteiger partial charge in [-0.2, -0.15) is 4.98 Å². The van der Waals surface area contributed by atoms with E-state index in [-0.39, 0.29) is 5.82 Å². The number of aromatic nitrogens is 4. The molecule has 1 aromatic carbocycles. The highest BCUT2D eigenvalue weighted by atomic mass is 16.4. The first-order chi connectivity index (χ1) is 12.3. The molecule has 2 N–H and O–H groups in total. The largest absolute Gasteiger partial charge is 0.479 e. The molecule has 0 aliphatic heterocycles. The van der Waals surface area contributed by atoms with E-state index in [0.717, 1.165) is 22.5 Å². The molecule has 2 aromatic heterocycles. The maximum atomic E-state index is 12.5. The van der Waals surface area contributed by atoms with Crippen molar-refractivity contribution in [3.05, 3.63) is 58.2 Å². The van der Waals surface area contributed by atoms with Crippen LogP contribution >= 0.6 is 0 Å². The topological polar surface area (TPSA) is 109 Å². The molecule has 26 heavy (non-hydrogen) atoms. The number of fused-ring (bicyclic) bond motifs is 1. The summed E-state index contributed by atoms with van der Waals surface area (Å²) in [4.78, 5) is 32.5. The molecule has 0 aliphatic rings. The number of nitrogens with one attached hydrogen (secondary N) is 1. The standard InChI is InChI=1S/C18H19N5O3/c1-9-5-6-13(7-10(9)2)14(17(25)26)20-16(24)15-21-18-19-11(3)8-12(4)23(18)22-15/h5-8,14H,1-4H3,(H,20,24)(H,25,26). The van der Waals surface area contributed by atoms with Crippen LogP contribution in [0.5, 0.6) is 0 Å². The van der Waals surface area contributed by atoms with Crippen LogP contribution in [-0.2, 0) is 4.79 Å². The molecule has 0 fully saturated rings. The number of aliphatic carboxylic acids is 1. The van der Waals surface area contributed by atoms with Crippen LogP contribution in [0.1, 0.15) is 44.7 Å². The second-order valence-corrected chi connectivity index (χ2v) is 6.27. The normalized spacial score (nSPS) is 12.2. The summed E-state index contributed by atoms with van der Waals surface area (Å²) in [6.07, 6.45) is 0. The number of carbonyl (C=O) groups is 2. The average molecular weight is 353 g/mol. The van der Waals surface area contributed by atoms with Crippen LogP contribution in [0.2, 0.25) is 0 Å². The zero-order valence-corrected chi connectivity index (χ0v) is 14.9. The highest BCUT2D eigenvalue weighted by molar-refractivity contribution is 5.94. The molecule has 3 aromatic rings. The Bertz CT molecular complexity index is 1030. The third-order valence-corrected chi connectivity index (χ3v) is 4.21. The number of nitrogens with zero attached hydrogens (tertiary/aromatic N) is 4. The summed E-state index contributed by atoms with van der Waals surface area (Å²) < 4.78 is 1.45. The maximum Gasteiger partial charge on any atom is 0.330 e. The van der Waals surface area contributed by atoms with Gasteiger partial charge >= 0.3 is 5.97 Å². The molecule has 8 nitrogen and oxygen atoms in total. The minimum Gasteiger partial charge on any atom is -0.479 e. The van der Waals surface area contributed by atoms with Gasteiger partial charge in [0.15, 0.2) is 6.04 Å². The van der Waals surface area contributed by atoms with E-state index in [1.54, 1.807) is 12.1 Å². The SMILES string of the molecule is Cc1cc(C)n2nc(C(=O)NC(C(=O)O)c3ccc(C)c(C)c3)nc2n1. The summed E-state index contributed by atoms with van der Waals surface area (Å²) in [6.45, 7) is 7.47. The number of carboxylic acids is 1. The first-order valence-electron chi connectivity index (χ1n) is 8.08. The second kappa shape index (κ2) is 6.55. The van der Waals surface area contributed by atoms with Gasteiger partial charge in [0.05, 0.1) is 0 Å². The van der Waals surface area contributed by atoms with Gasteiger partial charge in [-0.05, 0) is 50.5 Å². The van der Waals surface area contributed by atoms with Gasteiger partial charge in [-0.3, -0.25) is 4.79 Å². The highest BCUT2D eigenvalue weighted by Gasteiger charge is 2.25. The van der Waals surface area contributed by atoms with Crippen molar-refractivity contribution in [2.24, 2.45) is 0 Å². The number of hydrogen-bond acceptors (Lipinski definition) is 5. The van der Waals surface area contributed by atoms with E-state index in [2.05, 4.69) is 20.4 Å². The Morgan fingerprint density at radius 2 is 1.81 bits per heavy atom. The fraction of sp³-hybridized carbons (Fsp3) is 0.278. The molecule has 134 valence electrons. The van der Waals surface area contributed by atoms with Crippen LogP contribution in [0.15, 0.2) is 24.3 Å². The van der Waals surface area contributed by atoms with Crippen LogP contribution < -0.4 is 5.32 Å². The van der Waals surface area contributed by atoms with E-state index >= 15 is 0 Å². The Labute approximate surface area is 149 Å². The quantitative estimate of drug-likeness (QED) is 0.741. The van der Waals surface area contributed by atoms with E-state index in [1.807, 2.05) is 39.8 Å². The lowest BCUT2D eigenvalue weighted by Gasteiger charge is -2.15. The summed E-state index contributed by atoms with van der Waals surface area (Å²) in [5, 5.41) is 16.1. The van der Waals surface area contributed by atoms with E-state index in [0.29, 0.717) is 11.3 Å². The molecule has 1 unspecified atom stereocenters. The number of carboxylic acid groups (broad SMARTS) is 1. The van der Waals surface area contributed by atoms with Crippen molar-refractivity contribution in [2.75, 3.05) is 0 Å². The van der Waals surface area contributed by atoms with Crippen molar-refractivity contribution in [1.82, 2.24) is 24.9 Å². The molecule has 0 spiro atoms. The number of amides is 1. The molecular formula is C18H19N5O3. The van der Waals surface area contributed by atoms with Gasteiger partial charge in [0, 0.05) is 11.4 Å². The number of rotatable bonds is 4. The fourth-order valence-electron chi connectivity index (χ4n) is 2.69. The van der Waals surface area contributed by atoms with Gasteiger partial charge in [0.2, 0.25) is 5.82 Å². The molecule has 8 heteroatoms. The van der Waals surface area contributed by atoms with E-state index in [4.69, 9.17) is 0 Å². The van der Waals surface area contributed by atoms with Crippen LogP contribution in [0.3, 0.4) is 0 Å². The minimum atomic E-state index is -1.19. The Hall–Kier alpha value is -3.29. The molecule has 1 atom stereocenters. The monoisotopic (exact) mass is 353 g/mol. The van der Waals surface area contributed by atoms with Crippen molar-refractivity contribution in [3.63, 3.8) is 0 Å². The second-order valence-electron chi connectivity index (χ2n) is 6.27. The molecule has 0 bridgehead atoms. The molecular weight excluding hydrogens is 334 g/mol. The Kier molecular flexibility index (Phi) is 4.41. The lowest BCUT2D eigenvalue weighted by Crippen LogP contribution is -2.34. The predicted molar refractivity (Wildman–Crippen MR) is 94.0 cm³/mol. The Balaban J connectivity index is 1.92. The van der Waals surface area contributed by atoms with Crippen LogP contribution in [-0.4, -0.2) is 36.6 Å². The maximum absolute atomic E-state index is 12.5. The van der Waals surface area contributed by atoms with Crippen molar-refractivity contribution < 1.29 is 14.7 Å². The van der Waals surface area contributed by atoms with E-state index in [1.165, 1.54) is 4.52 Å². The minimum absolute atomic E-state index is 0.124. The first kappa shape index (κ1) is 17.5. The molecule has 3 rings (SSSR count). The van der Waals surface area contributed by atoms with Crippen molar-refractivity contribution in [1.29, 1.82) is 0 Å². The molecule has 0 saturated carbocycles. The third kappa shape index (κ3) is 3.26. The number of hydrogen-bond donors (Lipinski definition) is 2. The summed E-state index contributed by atoms with van der Waals surface area (Å²) >= 11 is 0. The van der Waals surface area contributed by atoms with Crippen molar-refractivity contribution in [3.8, 4) is 0 Å². The number of aryl methyl sites for hydroxylation is 4. The third-order valence-electron chi connectivity index (χ3n) is 4.21. The van der Waals surface area contributed by atoms with Gasteiger partial charge in [-0.25, -0.2) is 14.3 Å². The smallest absolute Gasteiger partial charge is 0.330 e. The van der Waals surface area contributed by atoms with Gasteiger partial charge < -0.3 is 10.4 Å². The van der Waals surface area contributed by atoms with E-state index in [9.17, 15) is 14.7 Å². The summed E-state index contributed by atoms with van der Waals surface area (Å²) in [7, 11) is 0. The Morgan fingerprint density at radius 1 is 1.08 bits per heavy atom. The molecule has 0 radical (unpaired) electrons. The van der Waals surface area contributed by atoms with Gasteiger partial charge in [0.25, 0.3) is 11.7 Å². The average Bonchev–Trinajstić information content (AvgIpc) is 2.99. The Morgan fingerprint density at radius 3 is 2.46 bits per heavy atom. The van der Waals surface area contributed by atoms with Crippen LogP contribution in [0, 0.1) is 27.7 Å². The zero-order valence-electron chi connectivity index (χ0n) is 14.9. The summed E-state index contributed by atoms with van der Waals surface area (Å²) in [5.41, 5.74) is 4.02. The van der Waals surface area contributed by atoms with Gasteiger partial charge in [-0.15, -0.1) is 5.10 Å². The number of benzene rings is 1. The van der Waals surface area contributed by atoms with Gasteiger partial charge in [0.1, 0.15) is 0 Å². The van der Waals surface area contributed by atoms with E-state index < -0.39 is 17.9 Å². The number of carbonyl (C=O) groups excluding carboxylic acids is 1. The lowest BCUT2D eigenvalue weighted by molar-refractivity contribution is -0.139. The summed E-state index contributed by atoms with van der Waals surface area (Å²) in [6, 6.07) is 5.89. The fourth-order valence-corrected chi connectivity index (χ4v) is 2.69. The molecule has 1 amide bonds. The van der Waals surface area contributed by atoms with Crippen molar-refractivity contribution >= 4 is 17.7 Å². The predicted octanol–water partition coefficient (Wildman–Crippen LogP) is 1.91. The van der Waals surface area contributed by atoms with Crippen LogP contribution in [0.25, 0.3) is 5.78 Å². The summed E-state index contributed by atoms with van der Waals surface area (Å²) in [5.74, 6) is -1.65. The lowest BCUT2D eigenvalue weighted by atomic mass is 10.0. The molecule has 0 saturated heterocycles. The zero-order chi connectivity index (χ0) is 19.0. The van der Waals surface area contributed by atoms with Crippen molar-refractivity contribution in [2.45, 2.75) is 33.7 Å². The van der Waals surface area contributed by atoms with Gasteiger partial charge in [-0.1, -0.05) is 18.2 Å². The molecule has 0 aliphatic carbocycles. The molecule has 2 heterocycles. The first-order valence-corrected chi connectivity index (χ1v) is 8.08. The van der Waals surface area contributed by atoms with Crippen LogP contribution in [0.4, 0.5) is 0 Å². The highest BCUT2D eigenvalue weighted by Crippen LogP contribution is 2.18.